The molecule has 1 unspecified atom stereocenters. The zero-order chi connectivity index (χ0) is 14.1. The van der Waals surface area contributed by atoms with E-state index in [0.29, 0.717) is 13.0 Å². The SMILES string of the molecule is CCCCC(N)C(=O)Nc1cccc(OCCC)c1. The lowest BCUT2D eigenvalue weighted by atomic mass is 10.1. The average Bonchev–Trinajstić information content (AvgIpc) is 2.42. The summed E-state index contributed by atoms with van der Waals surface area (Å²) >= 11 is 0. The highest BCUT2D eigenvalue weighted by atomic mass is 16.5. The molecule has 0 aliphatic carbocycles. The molecule has 3 N–H and O–H groups in total. The summed E-state index contributed by atoms with van der Waals surface area (Å²) in [5, 5.41) is 2.82. The molecule has 0 fully saturated rings. The van der Waals surface area contributed by atoms with Crippen LogP contribution in [0.1, 0.15) is 39.5 Å². The summed E-state index contributed by atoms with van der Waals surface area (Å²) in [5.74, 6) is 0.628. The van der Waals surface area contributed by atoms with Gasteiger partial charge in [-0.15, -0.1) is 0 Å². The van der Waals surface area contributed by atoms with E-state index in [2.05, 4.69) is 19.2 Å². The van der Waals surface area contributed by atoms with E-state index in [-0.39, 0.29) is 5.91 Å². The summed E-state index contributed by atoms with van der Waals surface area (Å²) in [5.41, 5.74) is 6.55. The number of benzene rings is 1. The number of carbonyl (C=O) groups is 1. The summed E-state index contributed by atoms with van der Waals surface area (Å²) in [7, 11) is 0. The predicted octanol–water partition coefficient (Wildman–Crippen LogP) is 2.93. The third-order valence-corrected chi connectivity index (χ3v) is 2.78. The van der Waals surface area contributed by atoms with Gasteiger partial charge in [0.1, 0.15) is 5.75 Å². The Balaban J connectivity index is 2.53. The standard InChI is InChI=1S/C15H24N2O2/c1-3-5-9-14(16)15(18)17-12-7-6-8-13(11-12)19-10-4-2/h6-8,11,14H,3-5,9-10,16H2,1-2H3,(H,17,18). The van der Waals surface area contributed by atoms with E-state index in [1.54, 1.807) is 0 Å². The van der Waals surface area contributed by atoms with Gasteiger partial charge in [0, 0.05) is 11.8 Å². The Hall–Kier alpha value is -1.55. The van der Waals surface area contributed by atoms with Gasteiger partial charge in [0.15, 0.2) is 0 Å². The molecule has 0 aliphatic heterocycles. The molecule has 0 saturated carbocycles. The van der Waals surface area contributed by atoms with Gasteiger partial charge in [-0.1, -0.05) is 32.8 Å². The molecule has 0 bridgehead atoms. The molecule has 1 atom stereocenters. The second kappa shape index (κ2) is 8.53. The summed E-state index contributed by atoms with van der Waals surface area (Å²) in [6, 6.07) is 6.95. The predicted molar refractivity (Wildman–Crippen MR) is 78.4 cm³/mol. The van der Waals surface area contributed by atoms with Crippen LogP contribution in [0, 0.1) is 0 Å². The molecule has 0 aliphatic rings. The summed E-state index contributed by atoms with van der Waals surface area (Å²) in [6.45, 7) is 4.81. The van der Waals surface area contributed by atoms with Crippen molar-refractivity contribution in [1.82, 2.24) is 0 Å². The molecule has 4 heteroatoms. The second-order valence-electron chi connectivity index (χ2n) is 4.61. The van der Waals surface area contributed by atoms with Crippen LogP contribution in [0.2, 0.25) is 0 Å². The molecule has 1 amide bonds. The molecule has 1 rings (SSSR count). The average molecular weight is 264 g/mol. The van der Waals surface area contributed by atoms with E-state index < -0.39 is 6.04 Å². The first-order valence-electron chi connectivity index (χ1n) is 6.96. The highest BCUT2D eigenvalue weighted by Crippen LogP contribution is 2.17. The van der Waals surface area contributed by atoms with Crippen molar-refractivity contribution < 1.29 is 9.53 Å². The van der Waals surface area contributed by atoms with E-state index >= 15 is 0 Å². The number of rotatable bonds is 8. The minimum atomic E-state index is -0.444. The zero-order valence-electron chi connectivity index (χ0n) is 11.8. The Morgan fingerprint density at radius 2 is 2.16 bits per heavy atom. The largest absolute Gasteiger partial charge is 0.494 e. The Kier molecular flexibility index (Phi) is 6.97. The fraction of sp³-hybridized carbons (Fsp3) is 0.533. The number of unbranched alkanes of at least 4 members (excludes halogenated alkanes) is 1. The maximum Gasteiger partial charge on any atom is 0.241 e. The molecule has 0 spiro atoms. The first-order valence-corrected chi connectivity index (χ1v) is 6.96. The molecule has 0 aromatic heterocycles. The van der Waals surface area contributed by atoms with Crippen molar-refractivity contribution in [3.05, 3.63) is 24.3 Å². The molecule has 4 nitrogen and oxygen atoms in total. The Morgan fingerprint density at radius 3 is 2.84 bits per heavy atom. The summed E-state index contributed by atoms with van der Waals surface area (Å²) < 4.78 is 5.52. The van der Waals surface area contributed by atoms with Crippen molar-refractivity contribution in [3.63, 3.8) is 0 Å². The van der Waals surface area contributed by atoms with E-state index in [4.69, 9.17) is 10.5 Å². The molecular weight excluding hydrogens is 240 g/mol. The van der Waals surface area contributed by atoms with Gasteiger partial charge in [-0.25, -0.2) is 0 Å². The quantitative estimate of drug-likeness (QED) is 0.758. The zero-order valence-corrected chi connectivity index (χ0v) is 11.8. The van der Waals surface area contributed by atoms with Crippen molar-refractivity contribution >= 4 is 11.6 Å². The minimum absolute atomic E-state index is 0.138. The van der Waals surface area contributed by atoms with Gasteiger partial charge in [-0.05, 0) is 25.0 Å². The second-order valence-corrected chi connectivity index (χ2v) is 4.61. The molecule has 106 valence electrons. The highest BCUT2D eigenvalue weighted by Gasteiger charge is 2.12. The number of amides is 1. The summed E-state index contributed by atoms with van der Waals surface area (Å²) in [4.78, 5) is 11.9. The van der Waals surface area contributed by atoms with E-state index in [0.717, 1.165) is 30.7 Å². The molecule has 0 heterocycles. The van der Waals surface area contributed by atoms with Crippen molar-refractivity contribution in [2.45, 2.75) is 45.6 Å². The van der Waals surface area contributed by atoms with Gasteiger partial charge < -0.3 is 15.8 Å². The third kappa shape index (κ3) is 5.75. The van der Waals surface area contributed by atoms with Crippen molar-refractivity contribution in [2.24, 2.45) is 5.73 Å². The fourth-order valence-corrected chi connectivity index (χ4v) is 1.67. The van der Waals surface area contributed by atoms with Crippen LogP contribution < -0.4 is 15.8 Å². The van der Waals surface area contributed by atoms with Crippen LogP contribution in [-0.2, 0) is 4.79 Å². The van der Waals surface area contributed by atoms with Crippen LogP contribution >= 0.6 is 0 Å². The van der Waals surface area contributed by atoms with Gasteiger partial charge in [-0.2, -0.15) is 0 Å². The van der Waals surface area contributed by atoms with Crippen molar-refractivity contribution in [1.29, 1.82) is 0 Å². The van der Waals surface area contributed by atoms with Gasteiger partial charge in [-0.3, -0.25) is 4.79 Å². The van der Waals surface area contributed by atoms with Gasteiger partial charge >= 0.3 is 0 Å². The van der Waals surface area contributed by atoms with E-state index in [1.807, 2.05) is 24.3 Å². The number of nitrogens with one attached hydrogen (secondary N) is 1. The van der Waals surface area contributed by atoms with Gasteiger partial charge in [0.2, 0.25) is 5.91 Å². The molecular formula is C15H24N2O2. The molecule has 1 aromatic rings. The molecule has 1 aromatic carbocycles. The van der Waals surface area contributed by atoms with Crippen LogP contribution in [-0.4, -0.2) is 18.6 Å². The lowest BCUT2D eigenvalue weighted by molar-refractivity contribution is -0.117. The number of ether oxygens (including phenoxy) is 1. The van der Waals surface area contributed by atoms with Crippen LogP contribution in [0.25, 0.3) is 0 Å². The van der Waals surface area contributed by atoms with Crippen LogP contribution in [0.15, 0.2) is 24.3 Å². The van der Waals surface area contributed by atoms with Crippen LogP contribution in [0.3, 0.4) is 0 Å². The number of anilines is 1. The number of carbonyl (C=O) groups excluding carboxylic acids is 1. The first-order chi connectivity index (χ1) is 9.17. The normalized spacial score (nSPS) is 11.9. The molecule has 0 saturated heterocycles. The minimum Gasteiger partial charge on any atom is -0.494 e. The first kappa shape index (κ1) is 15.5. The Bertz CT molecular complexity index is 393. The Labute approximate surface area is 115 Å². The Morgan fingerprint density at radius 1 is 1.37 bits per heavy atom. The lowest BCUT2D eigenvalue weighted by Gasteiger charge is -2.12. The smallest absolute Gasteiger partial charge is 0.241 e. The molecule has 19 heavy (non-hydrogen) atoms. The maximum absolute atomic E-state index is 11.9. The highest BCUT2D eigenvalue weighted by molar-refractivity contribution is 5.94. The van der Waals surface area contributed by atoms with Gasteiger partial charge in [0.25, 0.3) is 0 Å². The maximum atomic E-state index is 11.9. The number of nitrogens with two attached hydrogens (primary N) is 1. The van der Waals surface area contributed by atoms with Gasteiger partial charge in [0.05, 0.1) is 12.6 Å². The number of hydrogen-bond donors (Lipinski definition) is 2. The molecule has 0 radical (unpaired) electrons. The van der Waals surface area contributed by atoms with Crippen LogP contribution in [0.4, 0.5) is 5.69 Å². The van der Waals surface area contributed by atoms with Crippen LogP contribution in [0.5, 0.6) is 5.75 Å². The number of hydrogen-bond acceptors (Lipinski definition) is 3. The fourth-order valence-electron chi connectivity index (χ4n) is 1.67. The van der Waals surface area contributed by atoms with E-state index in [9.17, 15) is 4.79 Å². The topological polar surface area (TPSA) is 64.4 Å². The third-order valence-electron chi connectivity index (χ3n) is 2.78. The van der Waals surface area contributed by atoms with Crippen molar-refractivity contribution in [3.8, 4) is 5.75 Å². The van der Waals surface area contributed by atoms with Crippen molar-refractivity contribution in [2.75, 3.05) is 11.9 Å². The van der Waals surface area contributed by atoms with E-state index in [1.165, 1.54) is 0 Å². The summed E-state index contributed by atoms with van der Waals surface area (Å²) in [6.07, 6.45) is 3.68. The monoisotopic (exact) mass is 264 g/mol. The lowest BCUT2D eigenvalue weighted by Crippen LogP contribution is -2.35.